The lowest BCUT2D eigenvalue weighted by Crippen LogP contribution is -2.26. The van der Waals surface area contributed by atoms with E-state index >= 15 is 0 Å². The van der Waals surface area contributed by atoms with Crippen molar-refractivity contribution in [3.8, 4) is 0 Å². The largest absolute Gasteiger partial charge is 0.326 e. The standard InChI is InChI=1S/C11H14F2N2.ClH/c12-10-3-1-2-8(11(10)13)6-15-5-4-9(14)7-15;/h1-3,9H,4-7,14H2;1H. The van der Waals surface area contributed by atoms with Gasteiger partial charge >= 0.3 is 0 Å². The van der Waals surface area contributed by atoms with Crippen LogP contribution in [0.5, 0.6) is 0 Å². The van der Waals surface area contributed by atoms with Crippen molar-refractivity contribution in [3.63, 3.8) is 0 Å². The van der Waals surface area contributed by atoms with Gasteiger partial charge in [-0.3, -0.25) is 4.90 Å². The van der Waals surface area contributed by atoms with E-state index in [4.69, 9.17) is 5.73 Å². The van der Waals surface area contributed by atoms with Crippen LogP contribution in [0.4, 0.5) is 8.78 Å². The summed E-state index contributed by atoms with van der Waals surface area (Å²) in [5.74, 6) is -1.52. The van der Waals surface area contributed by atoms with E-state index in [1.807, 2.05) is 4.90 Å². The van der Waals surface area contributed by atoms with E-state index < -0.39 is 11.6 Å². The minimum Gasteiger partial charge on any atom is -0.326 e. The molecule has 1 fully saturated rings. The molecule has 2 nitrogen and oxygen atoms in total. The highest BCUT2D eigenvalue weighted by molar-refractivity contribution is 5.85. The third-order valence-corrected chi connectivity index (χ3v) is 2.73. The predicted octanol–water partition coefficient (Wildman–Crippen LogP) is 1.92. The fourth-order valence-electron chi connectivity index (χ4n) is 1.92. The summed E-state index contributed by atoms with van der Waals surface area (Å²) in [6.07, 6.45) is 0.928. The molecule has 1 saturated heterocycles. The van der Waals surface area contributed by atoms with E-state index in [-0.39, 0.29) is 18.4 Å². The molecule has 1 atom stereocenters. The average molecular weight is 249 g/mol. The van der Waals surface area contributed by atoms with E-state index in [0.717, 1.165) is 25.6 Å². The van der Waals surface area contributed by atoms with Gasteiger partial charge in [0.05, 0.1) is 0 Å². The molecular formula is C11H15ClF2N2. The fourth-order valence-corrected chi connectivity index (χ4v) is 1.92. The predicted molar refractivity (Wildman–Crippen MR) is 61.5 cm³/mol. The maximum absolute atomic E-state index is 13.3. The lowest BCUT2D eigenvalue weighted by atomic mass is 10.2. The molecule has 2 rings (SSSR count). The second-order valence-electron chi connectivity index (χ2n) is 4.00. The number of hydrogen-bond donors (Lipinski definition) is 1. The molecule has 1 heterocycles. The smallest absolute Gasteiger partial charge is 0.163 e. The van der Waals surface area contributed by atoms with Gasteiger partial charge in [-0.15, -0.1) is 12.4 Å². The summed E-state index contributed by atoms with van der Waals surface area (Å²) < 4.78 is 26.2. The number of nitrogens with zero attached hydrogens (tertiary/aromatic N) is 1. The van der Waals surface area contributed by atoms with Crippen LogP contribution in [0, 0.1) is 11.6 Å². The van der Waals surface area contributed by atoms with Gasteiger partial charge in [-0.1, -0.05) is 12.1 Å². The van der Waals surface area contributed by atoms with Crippen molar-refractivity contribution < 1.29 is 8.78 Å². The summed E-state index contributed by atoms with van der Waals surface area (Å²) in [5, 5.41) is 0. The highest BCUT2D eigenvalue weighted by Gasteiger charge is 2.20. The number of halogens is 3. The van der Waals surface area contributed by atoms with Crippen molar-refractivity contribution in [3.05, 3.63) is 35.4 Å². The molecule has 2 N–H and O–H groups in total. The van der Waals surface area contributed by atoms with Crippen LogP contribution in [0.1, 0.15) is 12.0 Å². The van der Waals surface area contributed by atoms with Crippen molar-refractivity contribution in [2.75, 3.05) is 13.1 Å². The molecule has 0 amide bonds. The van der Waals surface area contributed by atoms with Crippen molar-refractivity contribution in [1.82, 2.24) is 4.90 Å². The van der Waals surface area contributed by atoms with Gasteiger partial charge in [-0.25, -0.2) is 8.78 Å². The number of hydrogen-bond acceptors (Lipinski definition) is 2. The molecular weight excluding hydrogens is 234 g/mol. The maximum atomic E-state index is 13.3. The molecule has 0 spiro atoms. The Morgan fingerprint density at radius 2 is 2.12 bits per heavy atom. The average Bonchev–Trinajstić information content (AvgIpc) is 2.59. The van der Waals surface area contributed by atoms with Crippen molar-refractivity contribution in [2.45, 2.75) is 19.0 Å². The minimum absolute atomic E-state index is 0. The third kappa shape index (κ3) is 2.90. The molecule has 1 aliphatic rings. The van der Waals surface area contributed by atoms with Crippen LogP contribution >= 0.6 is 12.4 Å². The SMILES string of the molecule is Cl.NC1CCN(Cc2cccc(F)c2F)C1. The molecule has 0 aliphatic carbocycles. The molecule has 1 aromatic carbocycles. The topological polar surface area (TPSA) is 29.3 Å². The lowest BCUT2D eigenvalue weighted by Gasteiger charge is -2.15. The van der Waals surface area contributed by atoms with Crippen LogP contribution in [0.15, 0.2) is 18.2 Å². The molecule has 0 radical (unpaired) electrons. The number of rotatable bonds is 2. The lowest BCUT2D eigenvalue weighted by molar-refractivity contribution is 0.318. The zero-order chi connectivity index (χ0) is 10.8. The molecule has 90 valence electrons. The number of benzene rings is 1. The van der Waals surface area contributed by atoms with Gasteiger partial charge in [0.1, 0.15) is 0 Å². The first kappa shape index (κ1) is 13.4. The first-order valence-corrected chi connectivity index (χ1v) is 5.07. The van der Waals surface area contributed by atoms with E-state index in [2.05, 4.69) is 0 Å². The van der Waals surface area contributed by atoms with E-state index in [1.165, 1.54) is 6.07 Å². The van der Waals surface area contributed by atoms with Gasteiger partial charge in [0.25, 0.3) is 0 Å². The monoisotopic (exact) mass is 248 g/mol. The van der Waals surface area contributed by atoms with Gasteiger partial charge in [0.15, 0.2) is 11.6 Å². The molecule has 16 heavy (non-hydrogen) atoms. The van der Waals surface area contributed by atoms with Crippen molar-refractivity contribution in [1.29, 1.82) is 0 Å². The summed E-state index contributed by atoms with van der Waals surface area (Å²) in [7, 11) is 0. The van der Waals surface area contributed by atoms with Crippen molar-refractivity contribution >= 4 is 12.4 Å². The second kappa shape index (κ2) is 5.57. The van der Waals surface area contributed by atoms with E-state index in [0.29, 0.717) is 12.1 Å². The third-order valence-electron chi connectivity index (χ3n) is 2.73. The first-order chi connectivity index (χ1) is 7.16. The van der Waals surface area contributed by atoms with E-state index in [9.17, 15) is 8.78 Å². The maximum Gasteiger partial charge on any atom is 0.163 e. The molecule has 1 aromatic rings. The normalized spacial score (nSPS) is 20.8. The highest BCUT2D eigenvalue weighted by atomic mass is 35.5. The Morgan fingerprint density at radius 3 is 2.75 bits per heavy atom. The van der Waals surface area contributed by atoms with Gasteiger partial charge in [0, 0.05) is 31.2 Å². The second-order valence-corrected chi connectivity index (χ2v) is 4.00. The van der Waals surface area contributed by atoms with Crippen LogP contribution in [-0.2, 0) is 6.54 Å². The van der Waals surface area contributed by atoms with Crippen LogP contribution in [-0.4, -0.2) is 24.0 Å². The van der Waals surface area contributed by atoms with Crippen LogP contribution in [0.3, 0.4) is 0 Å². The van der Waals surface area contributed by atoms with Crippen molar-refractivity contribution in [2.24, 2.45) is 5.73 Å². The molecule has 5 heteroatoms. The zero-order valence-corrected chi connectivity index (χ0v) is 9.64. The number of nitrogens with two attached hydrogens (primary N) is 1. The Balaban J connectivity index is 0.00000128. The van der Waals surface area contributed by atoms with Crippen LogP contribution in [0.25, 0.3) is 0 Å². The summed E-state index contributed by atoms with van der Waals surface area (Å²) in [5.41, 5.74) is 6.14. The molecule has 1 aliphatic heterocycles. The van der Waals surface area contributed by atoms with Gasteiger partial charge in [-0.2, -0.15) is 0 Å². The summed E-state index contributed by atoms with van der Waals surface area (Å²) in [4.78, 5) is 2.04. The van der Waals surface area contributed by atoms with Gasteiger partial charge in [-0.05, 0) is 12.5 Å². The number of likely N-dealkylation sites (tertiary alicyclic amines) is 1. The first-order valence-electron chi connectivity index (χ1n) is 5.07. The Morgan fingerprint density at radius 1 is 1.38 bits per heavy atom. The minimum atomic E-state index is -0.781. The Bertz CT molecular complexity index is 360. The summed E-state index contributed by atoms with van der Waals surface area (Å²) in [6.45, 7) is 2.06. The summed E-state index contributed by atoms with van der Waals surface area (Å²) in [6, 6.07) is 4.45. The van der Waals surface area contributed by atoms with E-state index in [1.54, 1.807) is 6.07 Å². The highest BCUT2D eigenvalue weighted by Crippen LogP contribution is 2.16. The zero-order valence-electron chi connectivity index (χ0n) is 8.83. The Kier molecular flexibility index (Phi) is 4.65. The van der Waals surface area contributed by atoms with Gasteiger partial charge < -0.3 is 5.73 Å². The molecule has 0 bridgehead atoms. The molecule has 0 saturated carbocycles. The quantitative estimate of drug-likeness (QED) is 0.867. The van der Waals surface area contributed by atoms with Gasteiger partial charge in [0.2, 0.25) is 0 Å². The Labute approximate surface area is 99.8 Å². The Hall–Kier alpha value is -0.710. The molecule has 0 aromatic heterocycles. The fraction of sp³-hybridized carbons (Fsp3) is 0.455. The van der Waals surface area contributed by atoms with Crippen LogP contribution in [0.2, 0.25) is 0 Å². The molecule has 1 unspecified atom stereocenters. The van der Waals surface area contributed by atoms with Crippen LogP contribution < -0.4 is 5.73 Å². The summed E-state index contributed by atoms with van der Waals surface area (Å²) >= 11 is 0.